The van der Waals surface area contributed by atoms with Crippen LogP contribution in [0, 0.1) is 0 Å². The predicted octanol–water partition coefficient (Wildman–Crippen LogP) is 6.22. The van der Waals surface area contributed by atoms with Gasteiger partial charge in [-0.1, -0.05) is 68.4 Å². The number of nitrogens with zero attached hydrogens (tertiary/aromatic N) is 1. The van der Waals surface area contributed by atoms with Gasteiger partial charge >= 0.3 is 11.9 Å². The van der Waals surface area contributed by atoms with Crippen molar-refractivity contribution in [3.63, 3.8) is 0 Å². The summed E-state index contributed by atoms with van der Waals surface area (Å²) in [5.41, 5.74) is 0. The van der Waals surface area contributed by atoms with Gasteiger partial charge in [0, 0.05) is 6.42 Å². The van der Waals surface area contributed by atoms with E-state index < -0.39 is 12.1 Å². The number of carboxylic acids is 1. The molecule has 5 heteroatoms. The summed E-state index contributed by atoms with van der Waals surface area (Å²) in [4.78, 5) is 23.0. The lowest BCUT2D eigenvalue weighted by atomic mass is 10.1. The summed E-state index contributed by atoms with van der Waals surface area (Å²) < 4.78 is 5.96. The number of allylic oxidation sites excluding steroid dienone is 8. The van der Waals surface area contributed by atoms with E-state index in [1.165, 1.54) is 0 Å². The average Bonchev–Trinajstić information content (AvgIpc) is 2.68. The molecule has 0 spiro atoms. The molecule has 32 heavy (non-hydrogen) atoms. The van der Waals surface area contributed by atoms with Crippen molar-refractivity contribution in [3.05, 3.63) is 48.6 Å². The van der Waals surface area contributed by atoms with Crippen molar-refractivity contribution in [1.29, 1.82) is 0 Å². The minimum atomic E-state index is -0.938. The van der Waals surface area contributed by atoms with E-state index in [1.807, 2.05) is 21.1 Å². The van der Waals surface area contributed by atoms with Crippen LogP contribution in [0.3, 0.4) is 0 Å². The lowest BCUT2D eigenvalue weighted by Crippen LogP contribution is -2.43. The molecule has 0 aliphatic carbocycles. The van der Waals surface area contributed by atoms with Crippen molar-refractivity contribution < 1.29 is 23.9 Å². The number of likely N-dealkylation sites (N-methyl/N-ethyl adjacent to an activating group) is 1. The Labute approximate surface area is 196 Å². The number of rotatable bonds is 19. The third-order valence-corrected chi connectivity index (χ3v) is 4.67. The van der Waals surface area contributed by atoms with Gasteiger partial charge in [0.2, 0.25) is 0 Å². The average molecular weight is 449 g/mol. The summed E-state index contributed by atoms with van der Waals surface area (Å²) in [6.45, 7) is 2.64. The van der Waals surface area contributed by atoms with Gasteiger partial charge in [0.15, 0.2) is 6.10 Å². The van der Waals surface area contributed by atoms with E-state index in [1.54, 1.807) is 0 Å². The monoisotopic (exact) mass is 448 g/mol. The zero-order valence-electron chi connectivity index (χ0n) is 20.8. The molecule has 0 aliphatic heterocycles. The quantitative estimate of drug-likeness (QED) is 0.110. The number of hydrogen-bond donors (Lipinski definition) is 1. The first kappa shape index (κ1) is 29.9. The molecule has 0 bridgehead atoms. The molecule has 0 rings (SSSR count). The summed E-state index contributed by atoms with van der Waals surface area (Å²) >= 11 is 0. The fourth-order valence-corrected chi connectivity index (χ4v) is 3.18. The molecule has 0 fully saturated rings. The zero-order chi connectivity index (χ0) is 24.1. The molecule has 1 unspecified atom stereocenters. The van der Waals surface area contributed by atoms with Crippen LogP contribution >= 0.6 is 0 Å². The highest BCUT2D eigenvalue weighted by Gasteiger charge is 2.24. The van der Waals surface area contributed by atoms with Crippen LogP contribution in [0.25, 0.3) is 0 Å². The van der Waals surface area contributed by atoms with Crippen molar-refractivity contribution >= 4 is 11.9 Å². The molecule has 1 atom stereocenters. The van der Waals surface area contributed by atoms with Crippen molar-refractivity contribution in [2.45, 2.75) is 83.7 Å². The molecule has 5 nitrogen and oxygen atoms in total. The van der Waals surface area contributed by atoms with E-state index in [0.717, 1.165) is 57.8 Å². The number of carbonyl (C=O) groups excluding carboxylic acids is 1. The second-order valence-electron chi connectivity index (χ2n) is 9.14. The van der Waals surface area contributed by atoms with Gasteiger partial charge in [-0.15, -0.1) is 0 Å². The summed E-state index contributed by atoms with van der Waals surface area (Å²) in [5, 5.41) is 9.01. The maximum atomic E-state index is 12.0. The standard InChI is InChI=1S/C27H45NO4/c1-5-6-7-8-9-10-11-12-13-14-15-16-17-18-19-20-21-22-27(31)32-25(23-26(29)30)24-28(2,3)4/h6-7,9-10,12-13,15-16,25H,5,8,11,14,17-24H2,1-4H3/p+1/b7-6-,10-9-,13-12-,16-15-. The van der Waals surface area contributed by atoms with Crippen LogP contribution in [0.15, 0.2) is 48.6 Å². The fourth-order valence-electron chi connectivity index (χ4n) is 3.18. The lowest BCUT2D eigenvalue weighted by Gasteiger charge is -2.28. The topological polar surface area (TPSA) is 63.6 Å². The molecule has 1 N–H and O–H groups in total. The summed E-state index contributed by atoms with van der Waals surface area (Å²) in [6.07, 6.45) is 26.4. The van der Waals surface area contributed by atoms with Gasteiger partial charge in [-0.05, 0) is 44.9 Å². The fraction of sp³-hybridized carbons (Fsp3) is 0.630. The first-order valence-corrected chi connectivity index (χ1v) is 12.1. The Morgan fingerprint density at radius 3 is 1.88 bits per heavy atom. The molecule has 182 valence electrons. The second kappa shape index (κ2) is 19.5. The Balaban J connectivity index is 3.76. The Hall–Kier alpha value is -2.14. The number of unbranched alkanes of at least 4 members (excludes halogenated alkanes) is 4. The molecule has 0 heterocycles. The van der Waals surface area contributed by atoms with Crippen LogP contribution in [0.5, 0.6) is 0 Å². The minimum absolute atomic E-state index is 0.143. The van der Waals surface area contributed by atoms with Crippen molar-refractivity contribution in [3.8, 4) is 0 Å². The van der Waals surface area contributed by atoms with Gasteiger partial charge < -0.3 is 14.3 Å². The number of carbonyl (C=O) groups is 2. The molecular formula is C27H46NO4+. The lowest BCUT2D eigenvalue weighted by molar-refractivity contribution is -0.873. The van der Waals surface area contributed by atoms with E-state index in [9.17, 15) is 9.59 Å². The summed E-state index contributed by atoms with van der Waals surface area (Å²) in [6, 6.07) is 0. The first-order chi connectivity index (χ1) is 15.2. The van der Waals surface area contributed by atoms with Crippen LogP contribution in [0.1, 0.15) is 77.6 Å². The highest BCUT2D eigenvalue weighted by Crippen LogP contribution is 2.10. The Morgan fingerprint density at radius 1 is 0.812 bits per heavy atom. The smallest absolute Gasteiger partial charge is 0.307 e. The molecule has 0 aromatic rings. The second-order valence-corrected chi connectivity index (χ2v) is 9.14. The number of quaternary nitrogens is 1. The number of ether oxygens (including phenoxy) is 1. The third kappa shape index (κ3) is 22.5. The zero-order valence-corrected chi connectivity index (χ0v) is 20.8. The highest BCUT2D eigenvalue weighted by atomic mass is 16.5. The third-order valence-electron chi connectivity index (χ3n) is 4.67. The molecule has 0 saturated heterocycles. The van der Waals surface area contributed by atoms with Gasteiger partial charge in [0.1, 0.15) is 6.54 Å². The number of carboxylic acid groups (broad SMARTS) is 1. The molecule has 0 saturated carbocycles. The first-order valence-electron chi connectivity index (χ1n) is 12.1. The van der Waals surface area contributed by atoms with Gasteiger partial charge in [0.05, 0.1) is 27.6 Å². The summed E-state index contributed by atoms with van der Waals surface area (Å²) in [5.74, 6) is -1.23. The van der Waals surface area contributed by atoms with Crippen LogP contribution in [0.2, 0.25) is 0 Å². The van der Waals surface area contributed by atoms with Crippen molar-refractivity contribution in [2.24, 2.45) is 0 Å². The number of esters is 1. The largest absolute Gasteiger partial charge is 0.481 e. The van der Waals surface area contributed by atoms with E-state index in [-0.39, 0.29) is 12.4 Å². The molecular weight excluding hydrogens is 402 g/mol. The van der Waals surface area contributed by atoms with Gasteiger partial charge in [-0.3, -0.25) is 9.59 Å². The normalized spacial score (nSPS) is 13.6. The van der Waals surface area contributed by atoms with Crippen LogP contribution in [0.4, 0.5) is 0 Å². The highest BCUT2D eigenvalue weighted by molar-refractivity contribution is 5.71. The van der Waals surface area contributed by atoms with Gasteiger partial charge in [-0.2, -0.15) is 0 Å². The van der Waals surface area contributed by atoms with E-state index in [0.29, 0.717) is 17.4 Å². The van der Waals surface area contributed by atoms with Crippen LogP contribution in [-0.4, -0.2) is 55.3 Å². The van der Waals surface area contributed by atoms with E-state index >= 15 is 0 Å². The molecule has 0 aliphatic rings. The Bertz CT molecular complexity index is 612. The van der Waals surface area contributed by atoms with E-state index in [4.69, 9.17) is 9.84 Å². The van der Waals surface area contributed by atoms with E-state index in [2.05, 4.69) is 55.5 Å². The SMILES string of the molecule is CC/C=C\C/C=C\C/C=C\C/C=C\CCCCCCC(=O)OC(CC(=O)O)C[N+](C)(C)C. The van der Waals surface area contributed by atoms with Crippen LogP contribution in [-0.2, 0) is 14.3 Å². The Kier molecular flexibility index (Phi) is 18.2. The number of hydrogen-bond acceptors (Lipinski definition) is 3. The molecule has 0 aromatic heterocycles. The minimum Gasteiger partial charge on any atom is -0.481 e. The molecule has 0 aromatic carbocycles. The predicted molar refractivity (Wildman–Crippen MR) is 133 cm³/mol. The van der Waals surface area contributed by atoms with Crippen molar-refractivity contribution in [1.82, 2.24) is 0 Å². The van der Waals surface area contributed by atoms with Crippen LogP contribution < -0.4 is 0 Å². The maximum absolute atomic E-state index is 12.0. The van der Waals surface area contributed by atoms with Gasteiger partial charge in [-0.25, -0.2) is 0 Å². The molecule has 0 amide bonds. The maximum Gasteiger partial charge on any atom is 0.307 e. The number of aliphatic carboxylic acids is 1. The Morgan fingerprint density at radius 2 is 1.34 bits per heavy atom. The van der Waals surface area contributed by atoms with Crippen molar-refractivity contribution in [2.75, 3.05) is 27.7 Å². The molecule has 0 radical (unpaired) electrons. The summed E-state index contributed by atoms with van der Waals surface area (Å²) in [7, 11) is 5.87. The van der Waals surface area contributed by atoms with Gasteiger partial charge in [0.25, 0.3) is 0 Å².